The van der Waals surface area contributed by atoms with Gasteiger partial charge in [0.2, 0.25) is 0 Å². The quantitative estimate of drug-likeness (QED) is 0.0658. The Balaban J connectivity index is 0.000000478. The van der Waals surface area contributed by atoms with Gasteiger partial charge >= 0.3 is 21.6 Å². The highest BCUT2D eigenvalue weighted by molar-refractivity contribution is 7.60. The molecule has 40 heavy (non-hydrogen) atoms. The number of nitrogens with zero attached hydrogens (tertiary/aromatic N) is 4. The lowest BCUT2D eigenvalue weighted by molar-refractivity contribution is -0.153. The molecule has 0 spiro atoms. The molecule has 23 heteroatoms. The number of nitrogen functional groups attached to an aromatic ring is 1. The molecule has 1 saturated heterocycles. The molecule has 3 rings (SSSR count). The zero-order valence-corrected chi connectivity index (χ0v) is 22.1. The van der Waals surface area contributed by atoms with Crippen molar-refractivity contribution in [2.24, 2.45) is 0 Å². The summed E-state index contributed by atoms with van der Waals surface area (Å²) in [6.07, 6.45) is -7.67. The van der Waals surface area contributed by atoms with Crippen LogP contribution in [-0.4, -0.2) is 122 Å². The summed E-state index contributed by atoms with van der Waals surface area (Å²) < 4.78 is 42.5. The number of phosphoric ester groups is 1. The number of nitrogens with two attached hydrogens (primary N) is 1. The van der Waals surface area contributed by atoms with Gasteiger partial charge in [0.05, 0.1) is 19.5 Å². The first kappa shape index (κ1) is 33.7. The molecular weight excluding hydrogens is 592 g/mol. The number of fused-ring (bicyclic) bond motifs is 1. The van der Waals surface area contributed by atoms with E-state index in [2.05, 4.69) is 23.8 Å². The van der Waals surface area contributed by atoms with E-state index in [1.54, 1.807) is 0 Å². The second-order valence-electron chi connectivity index (χ2n) is 7.92. The third-order valence-corrected chi connectivity index (χ3v) is 7.11. The first-order chi connectivity index (χ1) is 18.5. The SMILES string of the molecule is CC(=O)O[C@H]1[C@@H](O)[C@H](n2cnc3c(N)ncnc32)O[C@@H]1COP(=O)(O)OP(=O)(O)O.O=C[C@H](O)[C@H](O)[C@H](O)CO. The van der Waals surface area contributed by atoms with Crippen LogP contribution in [0, 0.1) is 0 Å². The molecule has 1 unspecified atom stereocenters. The van der Waals surface area contributed by atoms with Gasteiger partial charge in [-0.25, -0.2) is 24.1 Å². The third-order valence-electron chi connectivity index (χ3n) is 4.95. The van der Waals surface area contributed by atoms with Gasteiger partial charge in [0, 0.05) is 6.92 Å². The van der Waals surface area contributed by atoms with E-state index in [0.29, 0.717) is 0 Å². The van der Waals surface area contributed by atoms with E-state index in [4.69, 9.17) is 45.4 Å². The Labute approximate surface area is 223 Å². The van der Waals surface area contributed by atoms with Crippen molar-refractivity contribution < 1.29 is 77.2 Å². The number of aliphatic hydroxyl groups is 5. The van der Waals surface area contributed by atoms with Gasteiger partial charge in [-0.1, -0.05) is 0 Å². The molecule has 0 amide bonds. The van der Waals surface area contributed by atoms with E-state index >= 15 is 0 Å². The van der Waals surface area contributed by atoms with Crippen molar-refractivity contribution in [1.82, 2.24) is 19.5 Å². The number of hydrogen-bond acceptors (Lipinski definition) is 17. The molecule has 10 N–H and O–H groups in total. The predicted molar refractivity (Wildman–Crippen MR) is 125 cm³/mol. The van der Waals surface area contributed by atoms with Crippen molar-refractivity contribution in [2.75, 3.05) is 18.9 Å². The van der Waals surface area contributed by atoms with Crippen molar-refractivity contribution in [2.45, 2.75) is 49.8 Å². The number of hydrogen-bond donors (Lipinski definition) is 9. The number of carbonyl (C=O) groups excluding carboxylic acids is 2. The van der Waals surface area contributed by atoms with Crippen molar-refractivity contribution in [3.8, 4) is 0 Å². The lowest BCUT2D eigenvalue weighted by atomic mass is 10.1. The molecule has 0 aliphatic carbocycles. The number of aldehydes is 1. The maximum absolute atomic E-state index is 11.7. The van der Waals surface area contributed by atoms with Crippen LogP contribution in [0.5, 0.6) is 0 Å². The van der Waals surface area contributed by atoms with Crippen LogP contribution in [0.2, 0.25) is 0 Å². The summed E-state index contributed by atoms with van der Waals surface area (Å²) in [4.78, 5) is 59.7. The Hall–Kier alpha value is -2.49. The molecule has 1 aliphatic rings. The minimum atomic E-state index is -5.33. The minimum absolute atomic E-state index is 0.0680. The number of anilines is 1. The van der Waals surface area contributed by atoms with Crippen molar-refractivity contribution in [3.05, 3.63) is 12.7 Å². The summed E-state index contributed by atoms with van der Waals surface area (Å²) in [5.74, 6) is -0.729. The fourth-order valence-corrected chi connectivity index (χ4v) is 4.82. The first-order valence-electron chi connectivity index (χ1n) is 10.8. The maximum Gasteiger partial charge on any atom is 0.481 e. The van der Waals surface area contributed by atoms with Gasteiger partial charge < -0.3 is 60.2 Å². The minimum Gasteiger partial charge on any atom is -0.457 e. The van der Waals surface area contributed by atoms with E-state index in [0.717, 1.165) is 13.3 Å². The molecule has 0 aromatic carbocycles. The molecule has 2 aromatic heterocycles. The molecule has 1 fully saturated rings. The summed E-state index contributed by atoms with van der Waals surface area (Å²) in [7, 11) is -10.5. The molecule has 8 atom stereocenters. The molecule has 0 bridgehead atoms. The van der Waals surface area contributed by atoms with E-state index in [9.17, 15) is 28.7 Å². The molecule has 21 nitrogen and oxygen atoms in total. The fraction of sp³-hybridized carbons (Fsp3) is 0.588. The van der Waals surface area contributed by atoms with Crippen LogP contribution in [0.1, 0.15) is 13.2 Å². The summed E-state index contributed by atoms with van der Waals surface area (Å²) >= 11 is 0. The number of rotatable bonds is 11. The van der Waals surface area contributed by atoms with Crippen LogP contribution in [0.15, 0.2) is 12.7 Å². The molecule has 0 saturated carbocycles. The number of phosphoric acid groups is 2. The fourth-order valence-electron chi connectivity index (χ4n) is 3.22. The zero-order chi connectivity index (χ0) is 30.4. The Morgan fingerprint density at radius 2 is 1.88 bits per heavy atom. The Morgan fingerprint density at radius 1 is 1.23 bits per heavy atom. The van der Waals surface area contributed by atoms with Crippen LogP contribution in [0.25, 0.3) is 11.2 Å². The smallest absolute Gasteiger partial charge is 0.457 e. The summed E-state index contributed by atoms with van der Waals surface area (Å²) in [6, 6.07) is 0. The molecule has 0 radical (unpaired) electrons. The second kappa shape index (κ2) is 13.9. The van der Waals surface area contributed by atoms with Gasteiger partial charge in [0.15, 0.2) is 30.1 Å². The first-order valence-corrected chi connectivity index (χ1v) is 13.8. The number of aromatic nitrogens is 4. The van der Waals surface area contributed by atoms with Gasteiger partial charge in [0.25, 0.3) is 0 Å². The predicted octanol–water partition coefficient (Wildman–Crippen LogP) is -3.91. The van der Waals surface area contributed by atoms with E-state index in [-0.39, 0.29) is 23.3 Å². The number of ether oxygens (including phenoxy) is 2. The number of imidazole rings is 1. The zero-order valence-electron chi connectivity index (χ0n) is 20.3. The van der Waals surface area contributed by atoms with E-state index in [1.165, 1.54) is 10.9 Å². The molecule has 1 aliphatic heterocycles. The van der Waals surface area contributed by atoms with Crippen molar-refractivity contribution >= 4 is 44.9 Å². The number of aliphatic hydroxyl groups excluding tert-OH is 5. The molecule has 226 valence electrons. The van der Waals surface area contributed by atoms with E-state index in [1.807, 2.05) is 0 Å². The molecular formula is C17H27N5O16P2. The van der Waals surface area contributed by atoms with Gasteiger partial charge in [0.1, 0.15) is 42.4 Å². The number of carbonyl (C=O) groups is 2. The van der Waals surface area contributed by atoms with Crippen molar-refractivity contribution in [1.29, 1.82) is 0 Å². The summed E-state index contributed by atoms with van der Waals surface area (Å²) in [6.45, 7) is -0.457. The highest BCUT2D eigenvalue weighted by atomic mass is 31.3. The Bertz CT molecular complexity index is 1260. The van der Waals surface area contributed by atoms with Crippen LogP contribution in [0.3, 0.4) is 0 Å². The van der Waals surface area contributed by atoms with Crippen LogP contribution >= 0.6 is 15.6 Å². The Morgan fingerprint density at radius 3 is 2.42 bits per heavy atom. The highest BCUT2D eigenvalue weighted by Crippen LogP contribution is 2.57. The lowest BCUT2D eigenvalue weighted by Crippen LogP contribution is -2.40. The lowest BCUT2D eigenvalue weighted by Gasteiger charge is -2.20. The summed E-state index contributed by atoms with van der Waals surface area (Å²) in [5, 5.41) is 44.7. The van der Waals surface area contributed by atoms with Gasteiger partial charge in [-0.15, -0.1) is 0 Å². The Kier molecular flexibility index (Phi) is 11.7. The summed E-state index contributed by atoms with van der Waals surface area (Å²) in [5.41, 5.74) is 6.12. The van der Waals surface area contributed by atoms with Gasteiger partial charge in [-0.05, 0) is 0 Å². The van der Waals surface area contributed by atoms with Crippen LogP contribution in [-0.2, 0) is 37.0 Å². The third kappa shape index (κ3) is 9.01. The van der Waals surface area contributed by atoms with Gasteiger partial charge in [-0.2, -0.15) is 4.31 Å². The molecule has 3 heterocycles. The van der Waals surface area contributed by atoms with Crippen LogP contribution in [0.4, 0.5) is 5.82 Å². The highest BCUT2D eigenvalue weighted by Gasteiger charge is 2.48. The van der Waals surface area contributed by atoms with E-state index < -0.39 is 77.7 Å². The van der Waals surface area contributed by atoms with Crippen LogP contribution < -0.4 is 5.73 Å². The normalized spacial score (nSPS) is 24.8. The average molecular weight is 619 g/mol. The second-order valence-corrected chi connectivity index (χ2v) is 10.7. The largest absolute Gasteiger partial charge is 0.481 e. The number of esters is 1. The monoisotopic (exact) mass is 619 g/mol. The average Bonchev–Trinajstić information content (AvgIpc) is 3.42. The van der Waals surface area contributed by atoms with Gasteiger partial charge in [-0.3, -0.25) is 13.9 Å². The van der Waals surface area contributed by atoms with Crippen molar-refractivity contribution in [3.63, 3.8) is 0 Å². The standard InChI is InChI=1S/C12H17N5O11P2.C5H10O5/c1-5(18)26-9-6(2-25-30(23,24)28-29(20,21)22)27-12(8(9)19)17-4-16-7-10(13)14-3-15-11(7)17;6-1-3(8)5(10)4(9)2-7/h3-4,6,8-9,12,19H,2H2,1H3,(H,23,24)(H2,13,14,15)(H2,20,21,22);1,3-5,7-10H,2H2/t6-,8-,9-,12-;3-,4+,5-/m10/s1. The topological polar surface area (TPSA) is 337 Å². The molecule has 2 aromatic rings. The maximum atomic E-state index is 11.7.